The van der Waals surface area contributed by atoms with E-state index in [1.165, 1.54) is 0 Å². The lowest BCUT2D eigenvalue weighted by Gasteiger charge is -2.32. The Bertz CT molecular complexity index is 1220. The molecule has 1 saturated heterocycles. The number of ether oxygens (including phenoxy) is 1. The topological polar surface area (TPSA) is 107 Å². The zero-order valence-electron chi connectivity index (χ0n) is 20.9. The minimum absolute atomic E-state index is 0.0583. The first-order valence-electron chi connectivity index (χ1n) is 12.5. The van der Waals surface area contributed by atoms with Crippen LogP contribution in [-0.2, 0) is 16.0 Å². The van der Waals surface area contributed by atoms with Gasteiger partial charge in [-0.2, -0.15) is 5.26 Å². The summed E-state index contributed by atoms with van der Waals surface area (Å²) in [6, 6.07) is 22.1. The number of carbonyl (C=O) groups excluding carboxylic acids is 2. The molecule has 0 radical (unpaired) electrons. The Morgan fingerprint density at radius 1 is 1.14 bits per heavy atom. The van der Waals surface area contributed by atoms with Crippen LogP contribution >= 0.6 is 0 Å². The molecule has 37 heavy (non-hydrogen) atoms. The molecule has 2 atom stereocenters. The van der Waals surface area contributed by atoms with Crippen molar-refractivity contribution in [1.82, 2.24) is 15.2 Å². The van der Waals surface area contributed by atoms with E-state index in [1.807, 2.05) is 42.5 Å². The Morgan fingerprint density at radius 3 is 2.59 bits per heavy atom. The number of rotatable bonds is 9. The van der Waals surface area contributed by atoms with E-state index in [9.17, 15) is 9.59 Å². The highest BCUT2D eigenvalue weighted by atomic mass is 16.5. The fourth-order valence-electron chi connectivity index (χ4n) is 4.35. The quantitative estimate of drug-likeness (QED) is 0.465. The molecule has 8 nitrogen and oxygen atoms in total. The molecule has 0 spiro atoms. The van der Waals surface area contributed by atoms with Crippen LogP contribution in [0, 0.1) is 11.3 Å². The van der Waals surface area contributed by atoms with Crippen molar-refractivity contribution in [2.45, 2.75) is 38.3 Å². The molecule has 0 unspecified atom stereocenters. The zero-order chi connectivity index (χ0) is 26.0. The van der Waals surface area contributed by atoms with Gasteiger partial charge in [0.05, 0.1) is 24.4 Å². The third-order valence-electron chi connectivity index (χ3n) is 6.35. The molecule has 0 bridgehead atoms. The van der Waals surface area contributed by atoms with Gasteiger partial charge in [-0.15, -0.1) is 0 Å². The molecule has 8 heteroatoms. The zero-order valence-corrected chi connectivity index (χ0v) is 20.9. The first-order chi connectivity index (χ1) is 18.0. The second kappa shape index (κ2) is 12.7. The maximum absolute atomic E-state index is 13.2. The predicted octanol–water partition coefficient (Wildman–Crippen LogP) is 3.86. The number of hydrogen-bond donors (Lipinski definition) is 2. The molecule has 0 saturated carbocycles. The van der Waals surface area contributed by atoms with Crippen molar-refractivity contribution in [1.29, 1.82) is 5.26 Å². The van der Waals surface area contributed by atoms with Crippen molar-refractivity contribution >= 4 is 17.6 Å². The van der Waals surface area contributed by atoms with Crippen molar-refractivity contribution in [3.8, 4) is 11.8 Å². The number of nitriles is 1. The third kappa shape index (κ3) is 7.38. The Kier molecular flexibility index (Phi) is 8.84. The van der Waals surface area contributed by atoms with Gasteiger partial charge in [0.15, 0.2) is 0 Å². The van der Waals surface area contributed by atoms with Crippen LogP contribution in [-0.4, -0.2) is 47.4 Å². The summed E-state index contributed by atoms with van der Waals surface area (Å²) in [5, 5.41) is 15.2. The molecule has 190 valence electrons. The van der Waals surface area contributed by atoms with Crippen LogP contribution in [0.15, 0.2) is 72.9 Å². The largest absolute Gasteiger partial charge is 0.487 e. The summed E-state index contributed by atoms with van der Waals surface area (Å²) in [6.07, 6.45) is 4.04. The van der Waals surface area contributed by atoms with Crippen molar-refractivity contribution in [2.24, 2.45) is 0 Å². The van der Waals surface area contributed by atoms with Crippen molar-refractivity contribution in [2.75, 3.05) is 25.0 Å². The molecular weight excluding hydrogens is 466 g/mol. The number of anilines is 1. The van der Waals surface area contributed by atoms with E-state index in [0.717, 1.165) is 36.9 Å². The van der Waals surface area contributed by atoms with Crippen LogP contribution in [0.25, 0.3) is 0 Å². The third-order valence-corrected chi connectivity index (χ3v) is 6.35. The average molecular weight is 498 g/mol. The lowest BCUT2D eigenvalue weighted by molar-refractivity contribution is -0.131. The van der Waals surface area contributed by atoms with Crippen LogP contribution in [0.5, 0.6) is 5.75 Å². The number of aromatic nitrogens is 1. The first kappa shape index (κ1) is 25.9. The lowest BCUT2D eigenvalue weighted by Crippen LogP contribution is -2.43. The number of likely N-dealkylation sites (tertiary alicyclic amines) is 1. The number of pyridine rings is 1. The smallest absolute Gasteiger partial charge is 0.247 e. The molecule has 2 N–H and O–H groups in total. The highest BCUT2D eigenvalue weighted by Gasteiger charge is 2.23. The maximum Gasteiger partial charge on any atom is 0.247 e. The van der Waals surface area contributed by atoms with Crippen LogP contribution in [0.3, 0.4) is 0 Å². The minimum Gasteiger partial charge on any atom is -0.487 e. The van der Waals surface area contributed by atoms with E-state index >= 15 is 0 Å². The van der Waals surface area contributed by atoms with Gasteiger partial charge in [0.2, 0.25) is 11.8 Å². The van der Waals surface area contributed by atoms with Gasteiger partial charge in [0.1, 0.15) is 23.7 Å². The van der Waals surface area contributed by atoms with Crippen LogP contribution in [0.4, 0.5) is 5.82 Å². The summed E-state index contributed by atoms with van der Waals surface area (Å²) in [7, 11) is 0. The van der Waals surface area contributed by atoms with E-state index in [4.69, 9.17) is 10.00 Å². The van der Waals surface area contributed by atoms with E-state index in [0.29, 0.717) is 30.2 Å². The summed E-state index contributed by atoms with van der Waals surface area (Å²) in [5.41, 5.74) is 2.56. The number of nitrogens with one attached hydrogen (secondary N) is 2. The Morgan fingerprint density at radius 2 is 1.92 bits per heavy atom. The fourth-order valence-corrected chi connectivity index (χ4v) is 4.35. The summed E-state index contributed by atoms with van der Waals surface area (Å²) in [4.78, 5) is 31.1. The molecule has 2 amide bonds. The van der Waals surface area contributed by atoms with Gasteiger partial charge >= 0.3 is 0 Å². The highest BCUT2D eigenvalue weighted by Crippen LogP contribution is 2.20. The monoisotopic (exact) mass is 497 g/mol. The van der Waals surface area contributed by atoms with Gasteiger partial charge in [-0.05, 0) is 54.7 Å². The number of nitrogens with zero attached hydrogens (tertiary/aromatic N) is 3. The lowest BCUT2D eigenvalue weighted by atomic mass is 10.1. The molecule has 1 aromatic heterocycles. The van der Waals surface area contributed by atoms with E-state index in [-0.39, 0.29) is 17.9 Å². The summed E-state index contributed by atoms with van der Waals surface area (Å²) in [6.45, 7) is 3.49. The molecule has 1 fully saturated rings. The molecule has 3 aromatic rings. The van der Waals surface area contributed by atoms with Crippen LogP contribution in [0.2, 0.25) is 0 Å². The van der Waals surface area contributed by atoms with Gasteiger partial charge in [0, 0.05) is 20.0 Å². The van der Waals surface area contributed by atoms with Gasteiger partial charge in [-0.1, -0.05) is 42.5 Å². The maximum atomic E-state index is 13.2. The van der Waals surface area contributed by atoms with Crippen molar-refractivity contribution < 1.29 is 14.3 Å². The minimum atomic E-state index is -0.558. The number of hydrogen-bond acceptors (Lipinski definition) is 6. The molecule has 2 heterocycles. The van der Waals surface area contributed by atoms with E-state index in [2.05, 4.69) is 21.7 Å². The summed E-state index contributed by atoms with van der Waals surface area (Å²) in [5.74, 6) is 0.884. The SMILES string of the molecule is CC(=O)N1CCC[C@@H](Oc2ccc(NC(=O)[C@@H](NCCc3ccc(C#N)cc3)c3ccccc3)nc2)C1. The van der Waals surface area contributed by atoms with Crippen LogP contribution in [0.1, 0.15) is 42.5 Å². The molecular formula is C29H31N5O3. The standard InChI is InChI=1S/C29H31N5O3/c1-21(35)34-17-5-8-26(20-34)37-25-13-14-27(32-19-25)33-29(36)28(24-6-3-2-4-7-24)31-16-15-22-9-11-23(18-30)12-10-22/h2-4,6-7,9-14,19,26,28,31H,5,8,15-17,20H2,1H3,(H,32,33,36)/t26-,28+/m1/s1. The van der Waals surface area contributed by atoms with Gasteiger partial charge in [0.25, 0.3) is 0 Å². The van der Waals surface area contributed by atoms with Crippen molar-refractivity contribution in [3.05, 3.63) is 89.6 Å². The summed E-state index contributed by atoms with van der Waals surface area (Å²) < 4.78 is 6.02. The second-order valence-electron chi connectivity index (χ2n) is 9.07. The Labute approximate surface area is 217 Å². The van der Waals surface area contributed by atoms with Crippen LogP contribution < -0.4 is 15.4 Å². The Balaban J connectivity index is 1.35. The van der Waals surface area contributed by atoms with Gasteiger partial charge in [-0.25, -0.2) is 4.98 Å². The highest BCUT2D eigenvalue weighted by molar-refractivity contribution is 5.94. The van der Waals surface area contributed by atoms with E-state index < -0.39 is 6.04 Å². The number of carbonyl (C=O) groups is 2. The molecule has 1 aliphatic rings. The Hall–Kier alpha value is -4.22. The van der Waals surface area contributed by atoms with Gasteiger partial charge < -0.3 is 20.3 Å². The molecule has 2 aromatic carbocycles. The van der Waals surface area contributed by atoms with Crippen molar-refractivity contribution in [3.63, 3.8) is 0 Å². The summed E-state index contributed by atoms with van der Waals surface area (Å²) >= 11 is 0. The number of amides is 2. The number of piperidine rings is 1. The second-order valence-corrected chi connectivity index (χ2v) is 9.07. The molecule has 4 rings (SSSR count). The average Bonchev–Trinajstić information content (AvgIpc) is 2.93. The number of benzene rings is 2. The molecule has 1 aliphatic heterocycles. The first-order valence-corrected chi connectivity index (χ1v) is 12.5. The van der Waals surface area contributed by atoms with E-state index in [1.54, 1.807) is 42.3 Å². The fraction of sp³-hybridized carbons (Fsp3) is 0.310. The van der Waals surface area contributed by atoms with Gasteiger partial charge in [-0.3, -0.25) is 9.59 Å². The molecule has 0 aliphatic carbocycles. The predicted molar refractivity (Wildman–Crippen MR) is 141 cm³/mol. The normalized spacial score (nSPS) is 15.9.